The summed E-state index contributed by atoms with van der Waals surface area (Å²) in [5.74, 6) is 0. The zero-order chi connectivity index (χ0) is 45.2. The van der Waals surface area contributed by atoms with Gasteiger partial charge in [-0.25, -0.2) is 0 Å². The molecule has 0 fully saturated rings. The lowest BCUT2D eigenvalue weighted by molar-refractivity contribution is 0.663. The third-order valence-corrected chi connectivity index (χ3v) is 14.5. The minimum absolute atomic E-state index is 0.806. The number of anilines is 6. The van der Waals surface area contributed by atoms with Gasteiger partial charge >= 0.3 is 0 Å². The lowest BCUT2D eigenvalue weighted by Gasteiger charge is -2.28. The van der Waals surface area contributed by atoms with Crippen molar-refractivity contribution in [2.45, 2.75) is 41.5 Å². The number of aryl methyl sites for hydroxylation is 4. The van der Waals surface area contributed by atoms with Crippen molar-refractivity contribution in [1.29, 1.82) is 0 Å². The molecule has 0 atom stereocenters. The van der Waals surface area contributed by atoms with Crippen LogP contribution >= 0.6 is 0 Å². The minimum atomic E-state index is 0.806. The van der Waals surface area contributed by atoms with Crippen molar-refractivity contribution in [2.75, 3.05) is 9.80 Å². The second-order valence-corrected chi connectivity index (χ2v) is 18.4. The van der Waals surface area contributed by atoms with E-state index in [0.29, 0.717) is 0 Å². The van der Waals surface area contributed by atoms with E-state index in [2.05, 4.69) is 209 Å². The molecular formula is C62H46N2O3. The van der Waals surface area contributed by atoms with Crippen molar-refractivity contribution in [3.05, 3.63) is 203 Å². The maximum Gasteiger partial charge on any atom is 0.159 e. The molecule has 0 unspecified atom stereocenters. The summed E-state index contributed by atoms with van der Waals surface area (Å²) in [6.07, 6.45) is 0. The summed E-state index contributed by atoms with van der Waals surface area (Å²) in [6, 6.07) is 61.0. The van der Waals surface area contributed by atoms with E-state index in [1.165, 1.54) is 33.4 Å². The number of benzene rings is 10. The minimum Gasteiger partial charge on any atom is -0.456 e. The zero-order valence-corrected chi connectivity index (χ0v) is 38.3. The molecule has 0 saturated heterocycles. The van der Waals surface area contributed by atoms with Gasteiger partial charge in [0.05, 0.1) is 11.1 Å². The second kappa shape index (κ2) is 14.6. The number of nitrogens with zero attached hydrogens (tertiary/aromatic N) is 2. The quantitative estimate of drug-likeness (QED) is 0.167. The Balaban J connectivity index is 0.939. The summed E-state index contributed by atoms with van der Waals surface area (Å²) in [5, 5.41) is 10.8. The molecule has 67 heavy (non-hydrogen) atoms. The molecule has 0 N–H and O–H groups in total. The number of para-hydroxylation sites is 3. The van der Waals surface area contributed by atoms with Gasteiger partial charge < -0.3 is 23.1 Å². The largest absolute Gasteiger partial charge is 0.456 e. The molecule has 5 nitrogen and oxygen atoms in total. The fourth-order valence-electron chi connectivity index (χ4n) is 10.5. The third kappa shape index (κ3) is 6.08. The third-order valence-electron chi connectivity index (χ3n) is 14.5. The Kier molecular flexibility index (Phi) is 8.53. The van der Waals surface area contributed by atoms with Crippen LogP contribution in [0.5, 0.6) is 0 Å². The molecule has 0 saturated carbocycles. The molecule has 3 aromatic heterocycles. The molecule has 5 heteroatoms. The van der Waals surface area contributed by atoms with Gasteiger partial charge in [-0.3, -0.25) is 0 Å². The van der Waals surface area contributed by atoms with Crippen LogP contribution in [0.1, 0.15) is 33.4 Å². The average Bonchev–Trinajstić information content (AvgIpc) is 4.02. The Morgan fingerprint density at radius 3 is 1.52 bits per heavy atom. The summed E-state index contributed by atoms with van der Waals surface area (Å²) >= 11 is 0. The molecule has 3 heterocycles. The lowest BCUT2D eigenvalue weighted by Crippen LogP contribution is -2.12. The van der Waals surface area contributed by atoms with Crippen molar-refractivity contribution in [3.63, 3.8) is 0 Å². The predicted molar refractivity (Wildman–Crippen MR) is 281 cm³/mol. The normalized spacial score (nSPS) is 12.0. The van der Waals surface area contributed by atoms with E-state index in [-0.39, 0.29) is 0 Å². The highest BCUT2D eigenvalue weighted by molar-refractivity contribution is 6.24. The van der Waals surface area contributed by atoms with Crippen LogP contribution in [0.4, 0.5) is 34.1 Å². The molecule has 0 spiro atoms. The number of hydrogen-bond acceptors (Lipinski definition) is 5. The van der Waals surface area contributed by atoms with E-state index >= 15 is 0 Å². The smallest absolute Gasteiger partial charge is 0.159 e. The van der Waals surface area contributed by atoms with Gasteiger partial charge in [-0.15, -0.1) is 0 Å². The number of rotatable bonds is 6. The highest BCUT2D eigenvalue weighted by atomic mass is 16.3. The van der Waals surface area contributed by atoms with Crippen LogP contribution < -0.4 is 9.80 Å². The SMILES string of the molecule is Cc1cc(N(c2cc(C)c(C)c(C)c2)c2ccc3cc4c(cc3c2)oc2ccc3c5cc6ccc(N(c7ccccc7)c7cccc8c7oc7ccccc78)cc6cc5oc3c24)cc(C)c1C. The van der Waals surface area contributed by atoms with E-state index < -0.39 is 0 Å². The average molecular weight is 867 g/mol. The molecule has 0 aliphatic heterocycles. The molecular weight excluding hydrogens is 821 g/mol. The molecule has 0 amide bonds. The first-order chi connectivity index (χ1) is 32.6. The molecule has 13 rings (SSSR count). The van der Waals surface area contributed by atoms with Crippen molar-refractivity contribution in [2.24, 2.45) is 0 Å². The topological polar surface area (TPSA) is 45.9 Å². The lowest BCUT2D eigenvalue weighted by atomic mass is 9.99. The predicted octanol–water partition coefficient (Wildman–Crippen LogP) is 18.5. The van der Waals surface area contributed by atoms with Crippen molar-refractivity contribution in [1.82, 2.24) is 0 Å². The fourth-order valence-corrected chi connectivity index (χ4v) is 10.5. The van der Waals surface area contributed by atoms with Crippen LogP contribution in [0.3, 0.4) is 0 Å². The molecule has 0 aliphatic rings. The first-order valence-electron chi connectivity index (χ1n) is 23.1. The maximum atomic E-state index is 6.92. The van der Waals surface area contributed by atoms with Gasteiger partial charge in [0.1, 0.15) is 27.9 Å². The highest BCUT2D eigenvalue weighted by Crippen LogP contribution is 2.46. The van der Waals surface area contributed by atoms with Crippen LogP contribution in [-0.2, 0) is 0 Å². The van der Waals surface area contributed by atoms with Crippen molar-refractivity contribution < 1.29 is 13.3 Å². The first kappa shape index (κ1) is 39.1. The van der Waals surface area contributed by atoms with E-state index in [0.717, 1.165) is 121 Å². The van der Waals surface area contributed by atoms with Gasteiger partial charge in [0.25, 0.3) is 0 Å². The monoisotopic (exact) mass is 866 g/mol. The van der Waals surface area contributed by atoms with Crippen LogP contribution in [0.15, 0.2) is 183 Å². The number of furan rings is 3. The molecule has 0 radical (unpaired) electrons. The zero-order valence-electron chi connectivity index (χ0n) is 38.3. The molecule has 13 aromatic rings. The van der Waals surface area contributed by atoms with Crippen molar-refractivity contribution >= 4 is 121 Å². The highest BCUT2D eigenvalue weighted by Gasteiger charge is 2.22. The Morgan fingerprint density at radius 2 is 0.851 bits per heavy atom. The van der Waals surface area contributed by atoms with Gasteiger partial charge in [-0.2, -0.15) is 0 Å². The van der Waals surface area contributed by atoms with Gasteiger partial charge in [-0.05, 0) is 206 Å². The first-order valence-corrected chi connectivity index (χ1v) is 23.1. The van der Waals surface area contributed by atoms with E-state index in [4.69, 9.17) is 13.3 Å². The van der Waals surface area contributed by atoms with Gasteiger partial charge in [0.15, 0.2) is 5.58 Å². The van der Waals surface area contributed by atoms with Crippen molar-refractivity contribution in [3.8, 4) is 0 Å². The fraction of sp³-hybridized carbons (Fsp3) is 0.0968. The Bertz CT molecular complexity index is 4080. The molecule has 322 valence electrons. The summed E-state index contributed by atoms with van der Waals surface area (Å²) in [7, 11) is 0. The number of fused-ring (bicyclic) bond motifs is 12. The Morgan fingerprint density at radius 1 is 0.299 bits per heavy atom. The Hall–Kier alpha value is -8.28. The molecule has 0 aliphatic carbocycles. The van der Waals surface area contributed by atoms with Crippen LogP contribution in [0.2, 0.25) is 0 Å². The molecule has 0 bridgehead atoms. The second-order valence-electron chi connectivity index (χ2n) is 18.4. The van der Waals surface area contributed by atoms with Gasteiger partial charge in [0, 0.05) is 55.4 Å². The summed E-state index contributed by atoms with van der Waals surface area (Å²) < 4.78 is 20.2. The van der Waals surface area contributed by atoms with E-state index in [1.54, 1.807) is 0 Å². The maximum absolute atomic E-state index is 6.92. The van der Waals surface area contributed by atoms with E-state index in [9.17, 15) is 0 Å². The van der Waals surface area contributed by atoms with Crippen LogP contribution in [0.25, 0.3) is 87.4 Å². The summed E-state index contributed by atoms with van der Waals surface area (Å²) in [4.78, 5) is 4.68. The van der Waals surface area contributed by atoms with Gasteiger partial charge in [0.2, 0.25) is 0 Å². The van der Waals surface area contributed by atoms with Crippen LogP contribution in [-0.4, -0.2) is 0 Å². The number of hydrogen-bond donors (Lipinski definition) is 0. The Labute approximate surface area is 387 Å². The van der Waals surface area contributed by atoms with Gasteiger partial charge in [-0.1, -0.05) is 60.7 Å². The molecule has 10 aromatic carbocycles. The van der Waals surface area contributed by atoms with E-state index in [1.807, 2.05) is 12.1 Å². The standard InChI is InChI=1S/C62H46N2O3/c1-35-25-48(26-36(2)39(35)5)63(49-27-37(3)40(6)38(4)28-49)46-21-19-42-32-54-59(34-43(42)29-46)65-57-24-23-52-53-31-41-20-22-47(30-44(41)33-58(53)67-62(52)60(54)57)64(45-13-8-7-9-14-45)55-17-12-16-51-50-15-10-11-18-56(50)66-61(51)55/h7-34H,1-6H3. The summed E-state index contributed by atoms with van der Waals surface area (Å²) in [5.41, 5.74) is 19.3. The van der Waals surface area contributed by atoms with Crippen LogP contribution in [0, 0.1) is 41.5 Å². The summed E-state index contributed by atoms with van der Waals surface area (Å²) in [6.45, 7) is 13.2.